The first-order valence-electron chi connectivity index (χ1n) is 6.92. The van der Waals surface area contributed by atoms with E-state index in [1.165, 1.54) is 4.31 Å². The molecule has 3 rings (SSSR count). The third kappa shape index (κ3) is 2.35. The van der Waals surface area contributed by atoms with Crippen molar-refractivity contribution in [3.05, 3.63) is 48.7 Å². The van der Waals surface area contributed by atoms with E-state index >= 15 is 0 Å². The first kappa shape index (κ1) is 13.9. The summed E-state index contributed by atoms with van der Waals surface area (Å²) in [7, 11) is -3.54. The van der Waals surface area contributed by atoms with E-state index in [1.807, 2.05) is 19.1 Å². The van der Waals surface area contributed by atoms with E-state index < -0.39 is 10.0 Å². The number of anilines is 2. The highest BCUT2D eigenvalue weighted by Gasteiger charge is 2.31. The minimum atomic E-state index is -3.54. The molecule has 0 radical (unpaired) electrons. The van der Waals surface area contributed by atoms with Crippen molar-refractivity contribution in [1.82, 2.24) is 4.98 Å². The van der Waals surface area contributed by atoms with Gasteiger partial charge in [-0.3, -0.25) is 4.31 Å². The Hall–Kier alpha value is -2.08. The van der Waals surface area contributed by atoms with Crippen LogP contribution in [0.1, 0.15) is 6.92 Å². The van der Waals surface area contributed by atoms with Crippen molar-refractivity contribution in [3.63, 3.8) is 0 Å². The molecule has 0 saturated carbocycles. The highest BCUT2D eigenvalue weighted by atomic mass is 32.2. The lowest BCUT2D eigenvalue weighted by Gasteiger charge is -2.36. The fraction of sp³-hybridized carbons (Fsp3) is 0.267. The second-order valence-electron chi connectivity index (χ2n) is 4.82. The minimum absolute atomic E-state index is 0.310. The number of nitrogens with zero attached hydrogens (tertiary/aromatic N) is 3. The molecule has 1 aliphatic heterocycles. The molecule has 1 aromatic heterocycles. The Bertz CT molecular complexity index is 732. The standard InChI is InChI=1S/C15H17N3O2S/c1-2-17-11-12-18(14-9-6-10-16-15(14)17)21(19,20)13-7-4-3-5-8-13/h3-10H,2,11-12H2,1H3. The molecule has 6 heteroatoms. The summed E-state index contributed by atoms with van der Waals surface area (Å²) in [5.41, 5.74) is 0.648. The first-order chi connectivity index (χ1) is 10.1. The average molecular weight is 303 g/mol. The Morgan fingerprint density at radius 2 is 1.86 bits per heavy atom. The van der Waals surface area contributed by atoms with Crippen molar-refractivity contribution in [2.45, 2.75) is 11.8 Å². The van der Waals surface area contributed by atoms with Crippen LogP contribution in [0.15, 0.2) is 53.6 Å². The largest absolute Gasteiger partial charge is 0.353 e. The van der Waals surface area contributed by atoms with Crippen molar-refractivity contribution < 1.29 is 8.42 Å². The van der Waals surface area contributed by atoms with Gasteiger partial charge in [0, 0.05) is 19.3 Å². The number of likely N-dealkylation sites (N-methyl/N-ethyl adjacent to an activating group) is 1. The lowest BCUT2D eigenvalue weighted by atomic mass is 10.3. The van der Waals surface area contributed by atoms with Crippen LogP contribution in [0.2, 0.25) is 0 Å². The van der Waals surface area contributed by atoms with Crippen LogP contribution in [0.5, 0.6) is 0 Å². The summed E-state index contributed by atoms with van der Waals surface area (Å²) >= 11 is 0. The van der Waals surface area contributed by atoms with Crippen molar-refractivity contribution >= 4 is 21.5 Å². The van der Waals surface area contributed by atoms with E-state index in [1.54, 1.807) is 36.5 Å². The molecule has 2 heterocycles. The Labute approximate surface area is 124 Å². The van der Waals surface area contributed by atoms with Gasteiger partial charge in [0.25, 0.3) is 10.0 Å². The molecule has 1 aromatic carbocycles. The van der Waals surface area contributed by atoms with E-state index in [-0.39, 0.29) is 0 Å². The van der Waals surface area contributed by atoms with Crippen molar-refractivity contribution in [1.29, 1.82) is 0 Å². The predicted molar refractivity (Wildman–Crippen MR) is 83.1 cm³/mol. The molecule has 110 valence electrons. The summed E-state index contributed by atoms with van der Waals surface area (Å²) in [6.07, 6.45) is 1.69. The van der Waals surface area contributed by atoms with Gasteiger partial charge in [-0.1, -0.05) is 18.2 Å². The molecule has 1 aliphatic rings. The molecule has 0 fully saturated rings. The maximum atomic E-state index is 12.8. The summed E-state index contributed by atoms with van der Waals surface area (Å²) in [6, 6.07) is 12.1. The summed E-state index contributed by atoms with van der Waals surface area (Å²) in [5.74, 6) is 0.728. The number of hydrogen-bond donors (Lipinski definition) is 0. The van der Waals surface area contributed by atoms with Gasteiger partial charge in [-0.25, -0.2) is 13.4 Å². The van der Waals surface area contributed by atoms with Gasteiger partial charge in [0.05, 0.1) is 17.1 Å². The van der Waals surface area contributed by atoms with E-state index in [4.69, 9.17) is 0 Å². The van der Waals surface area contributed by atoms with Crippen LogP contribution < -0.4 is 9.21 Å². The van der Waals surface area contributed by atoms with Gasteiger partial charge in [0.15, 0.2) is 5.82 Å². The molecule has 0 atom stereocenters. The molecule has 0 saturated heterocycles. The molecule has 0 amide bonds. The summed E-state index contributed by atoms with van der Waals surface area (Å²) in [4.78, 5) is 6.75. The average Bonchev–Trinajstić information content (AvgIpc) is 2.54. The molecule has 0 spiro atoms. The Kier molecular flexibility index (Phi) is 3.55. The van der Waals surface area contributed by atoms with Crippen LogP contribution >= 0.6 is 0 Å². The number of sulfonamides is 1. The molecule has 0 aliphatic carbocycles. The fourth-order valence-electron chi connectivity index (χ4n) is 2.54. The zero-order valence-electron chi connectivity index (χ0n) is 11.8. The quantitative estimate of drug-likeness (QED) is 0.871. The second kappa shape index (κ2) is 5.37. The third-order valence-electron chi connectivity index (χ3n) is 3.62. The lowest BCUT2D eigenvalue weighted by molar-refractivity contribution is 0.588. The second-order valence-corrected chi connectivity index (χ2v) is 6.68. The predicted octanol–water partition coefficient (Wildman–Crippen LogP) is 2.12. The van der Waals surface area contributed by atoms with Crippen molar-refractivity contribution in [3.8, 4) is 0 Å². The zero-order chi connectivity index (χ0) is 14.9. The molecular weight excluding hydrogens is 286 g/mol. The topological polar surface area (TPSA) is 53.5 Å². The number of fused-ring (bicyclic) bond motifs is 1. The zero-order valence-corrected chi connectivity index (χ0v) is 12.6. The lowest BCUT2D eigenvalue weighted by Crippen LogP contribution is -2.44. The van der Waals surface area contributed by atoms with Crippen LogP contribution in [-0.2, 0) is 10.0 Å². The maximum Gasteiger partial charge on any atom is 0.264 e. The van der Waals surface area contributed by atoms with E-state index in [9.17, 15) is 8.42 Å². The van der Waals surface area contributed by atoms with Gasteiger partial charge in [0.2, 0.25) is 0 Å². The highest BCUT2D eigenvalue weighted by Crippen LogP contribution is 2.34. The normalized spacial score (nSPS) is 14.9. The minimum Gasteiger partial charge on any atom is -0.353 e. The number of pyridine rings is 1. The van der Waals surface area contributed by atoms with E-state index in [0.717, 1.165) is 12.4 Å². The molecule has 0 bridgehead atoms. The van der Waals surface area contributed by atoms with Crippen LogP contribution in [0.4, 0.5) is 11.5 Å². The van der Waals surface area contributed by atoms with Gasteiger partial charge >= 0.3 is 0 Å². The maximum absolute atomic E-state index is 12.8. The summed E-state index contributed by atoms with van der Waals surface area (Å²) < 4.78 is 27.1. The monoisotopic (exact) mass is 303 g/mol. The summed E-state index contributed by atoms with van der Waals surface area (Å²) in [5, 5.41) is 0. The molecule has 0 N–H and O–H groups in total. The van der Waals surface area contributed by atoms with Crippen LogP contribution in [0.3, 0.4) is 0 Å². The van der Waals surface area contributed by atoms with Gasteiger partial charge in [-0.2, -0.15) is 0 Å². The van der Waals surface area contributed by atoms with Gasteiger partial charge in [0.1, 0.15) is 0 Å². The van der Waals surface area contributed by atoms with Gasteiger partial charge in [-0.15, -0.1) is 0 Å². The molecule has 0 unspecified atom stereocenters. The SMILES string of the molecule is CCN1CCN(S(=O)(=O)c2ccccc2)c2cccnc21. The molecular formula is C15H17N3O2S. The first-order valence-corrected chi connectivity index (χ1v) is 8.36. The number of benzene rings is 1. The van der Waals surface area contributed by atoms with Crippen LogP contribution in [0.25, 0.3) is 0 Å². The molecule has 2 aromatic rings. The number of hydrogen-bond acceptors (Lipinski definition) is 4. The van der Waals surface area contributed by atoms with Crippen LogP contribution in [-0.4, -0.2) is 33.0 Å². The van der Waals surface area contributed by atoms with Crippen molar-refractivity contribution in [2.75, 3.05) is 28.8 Å². The Balaban J connectivity index is 2.08. The van der Waals surface area contributed by atoms with Crippen LogP contribution in [0, 0.1) is 0 Å². The number of aromatic nitrogens is 1. The Morgan fingerprint density at radius 3 is 2.57 bits per heavy atom. The summed E-state index contributed by atoms with van der Waals surface area (Å²) in [6.45, 7) is 3.93. The Morgan fingerprint density at radius 1 is 1.10 bits per heavy atom. The number of rotatable bonds is 3. The van der Waals surface area contributed by atoms with E-state index in [2.05, 4.69) is 9.88 Å². The van der Waals surface area contributed by atoms with Crippen molar-refractivity contribution in [2.24, 2.45) is 0 Å². The molecule has 21 heavy (non-hydrogen) atoms. The van der Waals surface area contributed by atoms with Gasteiger partial charge < -0.3 is 4.90 Å². The van der Waals surface area contributed by atoms with E-state index in [0.29, 0.717) is 23.7 Å². The highest BCUT2D eigenvalue weighted by molar-refractivity contribution is 7.92. The molecule has 5 nitrogen and oxygen atoms in total. The third-order valence-corrected chi connectivity index (χ3v) is 5.45. The smallest absolute Gasteiger partial charge is 0.264 e. The van der Waals surface area contributed by atoms with Gasteiger partial charge in [-0.05, 0) is 31.2 Å². The fourth-order valence-corrected chi connectivity index (χ4v) is 4.02.